The predicted molar refractivity (Wildman–Crippen MR) is 219 cm³/mol. The number of phenolic OH excluding ortho intramolecular Hbond substituents is 1. The van der Waals surface area contributed by atoms with E-state index in [9.17, 15) is 5.11 Å². The molecule has 0 fully saturated rings. The Morgan fingerprint density at radius 1 is 0.655 bits per heavy atom. The van der Waals surface area contributed by atoms with Gasteiger partial charge in [-0.15, -0.1) is 17.7 Å². The van der Waals surface area contributed by atoms with E-state index < -0.39 is 6.85 Å². The van der Waals surface area contributed by atoms with Crippen LogP contribution in [0, 0.1) is 12.9 Å². The maximum atomic E-state index is 11.3. The van der Waals surface area contributed by atoms with E-state index in [2.05, 4.69) is 34.9 Å². The number of para-hydroxylation sites is 3. The van der Waals surface area contributed by atoms with Crippen molar-refractivity contribution in [2.45, 2.75) is 6.85 Å². The molecular formula is C49H32N3O2Pt-. The molecule has 10 rings (SSSR count). The fourth-order valence-electron chi connectivity index (χ4n) is 7.54. The molecular weight excluding hydrogens is 858 g/mol. The number of imidazole rings is 1. The van der Waals surface area contributed by atoms with Crippen molar-refractivity contribution in [3.05, 3.63) is 182 Å². The van der Waals surface area contributed by atoms with Gasteiger partial charge >= 0.3 is 0 Å². The van der Waals surface area contributed by atoms with Crippen LogP contribution in [-0.4, -0.2) is 19.6 Å². The molecule has 0 unspecified atom stereocenters. The summed E-state index contributed by atoms with van der Waals surface area (Å²) in [6.45, 7) is -2.38. The quantitative estimate of drug-likeness (QED) is 0.169. The molecule has 0 aliphatic heterocycles. The Balaban J connectivity index is 0.00000436. The van der Waals surface area contributed by atoms with Crippen LogP contribution in [0.3, 0.4) is 0 Å². The maximum absolute atomic E-state index is 11.3. The SMILES string of the molecule is [2H]C([2H])([2H])c1ccc2c(oc3c(-c4ccccn4)[c-]c(-c4cccc5c4nc(-c4ccccc4O)n5-c4ccccc4-c4ccccc4)cc32)c1-c1ccccc1.[Pt]. The first-order valence-electron chi connectivity index (χ1n) is 19.2. The summed E-state index contributed by atoms with van der Waals surface area (Å²) >= 11 is 0. The molecule has 6 heteroatoms. The van der Waals surface area contributed by atoms with Gasteiger partial charge in [0, 0.05) is 53.6 Å². The van der Waals surface area contributed by atoms with Gasteiger partial charge in [-0.1, -0.05) is 139 Å². The molecule has 7 aromatic carbocycles. The number of furan rings is 1. The Hall–Kier alpha value is -6.55. The molecule has 0 amide bonds. The Morgan fingerprint density at radius 2 is 1.36 bits per heavy atom. The molecule has 5 nitrogen and oxygen atoms in total. The number of aromatic nitrogens is 3. The minimum Gasteiger partial charge on any atom is -0.507 e. The van der Waals surface area contributed by atoms with Gasteiger partial charge in [-0.05, 0) is 59.3 Å². The van der Waals surface area contributed by atoms with Gasteiger partial charge in [0.05, 0.1) is 27.9 Å². The third kappa shape index (κ3) is 5.76. The molecule has 10 aromatic rings. The van der Waals surface area contributed by atoms with Gasteiger partial charge in [0.2, 0.25) is 0 Å². The predicted octanol–water partition coefficient (Wildman–Crippen LogP) is 12.5. The number of nitrogens with zero attached hydrogens (tertiary/aromatic N) is 3. The van der Waals surface area contributed by atoms with E-state index in [1.54, 1.807) is 24.4 Å². The molecule has 1 N–H and O–H groups in total. The number of hydrogen-bond donors (Lipinski definition) is 1. The first-order valence-corrected chi connectivity index (χ1v) is 17.7. The number of rotatable bonds is 6. The first kappa shape index (κ1) is 30.9. The number of aromatic hydroxyl groups is 1. The van der Waals surface area contributed by atoms with Gasteiger partial charge in [-0.2, -0.15) is 0 Å². The van der Waals surface area contributed by atoms with Gasteiger partial charge in [-0.3, -0.25) is 9.55 Å². The molecule has 0 saturated carbocycles. The molecule has 0 radical (unpaired) electrons. The van der Waals surface area contributed by atoms with Gasteiger partial charge in [-0.25, -0.2) is 4.98 Å². The molecule has 0 spiro atoms. The summed E-state index contributed by atoms with van der Waals surface area (Å²) in [5.74, 6) is 0.706. The van der Waals surface area contributed by atoms with Crippen molar-refractivity contribution in [1.29, 1.82) is 0 Å². The number of aryl methyl sites for hydroxylation is 1. The molecule has 0 atom stereocenters. The van der Waals surface area contributed by atoms with Crippen LogP contribution >= 0.6 is 0 Å². The molecule has 3 aromatic heterocycles. The van der Waals surface area contributed by atoms with E-state index in [0.717, 1.165) is 49.8 Å². The maximum Gasteiger partial charge on any atom is 0.148 e. The van der Waals surface area contributed by atoms with E-state index in [0.29, 0.717) is 44.9 Å². The largest absolute Gasteiger partial charge is 0.507 e. The smallest absolute Gasteiger partial charge is 0.148 e. The van der Waals surface area contributed by atoms with E-state index in [1.807, 2.05) is 121 Å². The van der Waals surface area contributed by atoms with Gasteiger partial charge in [0.15, 0.2) is 0 Å². The van der Waals surface area contributed by atoms with Crippen LogP contribution in [0.2, 0.25) is 0 Å². The molecule has 0 aliphatic rings. The Morgan fingerprint density at radius 3 is 2.13 bits per heavy atom. The van der Waals surface area contributed by atoms with Crippen LogP contribution in [0.1, 0.15) is 9.68 Å². The summed E-state index contributed by atoms with van der Waals surface area (Å²) in [5, 5.41) is 12.8. The number of hydrogen-bond acceptors (Lipinski definition) is 4. The third-order valence-electron chi connectivity index (χ3n) is 10.0. The standard InChI is InChI=1S/C49H32N3O2.Pt/c1-31-26-27-37-39-29-34(30-40(41-22-12-13-28-50-41)47(39)54-48(37)45(31)33-17-6-3-7-18-33)36-21-14-24-43-46(36)51-49(38-20-9-11-25-44(38)53)52(43)42-23-10-8-19-35(42)32-15-4-2-5-16-32;/h2-29,53H,1H3;/q-1;/i1D3;. The summed E-state index contributed by atoms with van der Waals surface area (Å²) in [6.07, 6.45) is 1.73. The van der Waals surface area contributed by atoms with Crippen molar-refractivity contribution in [2.75, 3.05) is 0 Å². The summed E-state index contributed by atoms with van der Waals surface area (Å²) < 4.78 is 34.2. The zero-order valence-electron chi connectivity index (χ0n) is 32.2. The number of fused-ring (bicyclic) bond motifs is 4. The summed E-state index contributed by atoms with van der Waals surface area (Å²) in [7, 11) is 0. The van der Waals surface area contributed by atoms with Crippen molar-refractivity contribution < 1.29 is 34.7 Å². The van der Waals surface area contributed by atoms with E-state index in [-0.39, 0.29) is 32.4 Å². The van der Waals surface area contributed by atoms with Crippen molar-refractivity contribution in [1.82, 2.24) is 14.5 Å². The second kappa shape index (κ2) is 14.0. The van der Waals surface area contributed by atoms with Crippen molar-refractivity contribution in [3.8, 4) is 67.5 Å². The summed E-state index contributed by atoms with van der Waals surface area (Å²) in [5.41, 5.74) is 10.5. The van der Waals surface area contributed by atoms with Crippen LogP contribution in [-0.2, 0) is 21.1 Å². The van der Waals surface area contributed by atoms with Gasteiger partial charge < -0.3 is 9.52 Å². The number of phenols is 1. The minimum atomic E-state index is -2.38. The van der Waals surface area contributed by atoms with Crippen molar-refractivity contribution >= 4 is 33.0 Å². The second-order valence-corrected chi connectivity index (χ2v) is 13.2. The van der Waals surface area contributed by atoms with Crippen LogP contribution in [0.4, 0.5) is 0 Å². The summed E-state index contributed by atoms with van der Waals surface area (Å²) in [6, 6.07) is 56.2. The van der Waals surface area contributed by atoms with Gasteiger partial charge in [0.1, 0.15) is 17.2 Å². The normalized spacial score (nSPS) is 12.3. The molecule has 55 heavy (non-hydrogen) atoms. The average molecular weight is 893 g/mol. The molecule has 0 saturated heterocycles. The van der Waals surface area contributed by atoms with Crippen LogP contribution in [0.5, 0.6) is 5.75 Å². The zero-order valence-corrected chi connectivity index (χ0v) is 31.5. The number of benzene rings is 7. The fraction of sp³-hybridized carbons (Fsp3) is 0.0204. The van der Waals surface area contributed by atoms with Crippen molar-refractivity contribution in [3.63, 3.8) is 0 Å². The van der Waals surface area contributed by atoms with Crippen LogP contribution in [0.25, 0.3) is 94.7 Å². The Bertz CT molecular complexity index is 3130. The number of pyridine rings is 1. The Kier molecular flexibility index (Phi) is 7.87. The Labute approximate surface area is 336 Å². The molecule has 0 aliphatic carbocycles. The van der Waals surface area contributed by atoms with Crippen molar-refractivity contribution in [2.24, 2.45) is 0 Å². The molecule has 266 valence electrons. The average Bonchev–Trinajstić information content (AvgIpc) is 3.83. The van der Waals surface area contributed by atoms with E-state index in [4.69, 9.17) is 18.5 Å². The van der Waals surface area contributed by atoms with E-state index >= 15 is 0 Å². The van der Waals surface area contributed by atoms with Crippen LogP contribution < -0.4 is 0 Å². The second-order valence-electron chi connectivity index (χ2n) is 13.2. The van der Waals surface area contributed by atoms with Gasteiger partial charge in [0.25, 0.3) is 0 Å². The first-order chi connectivity index (χ1) is 27.8. The molecule has 0 bridgehead atoms. The third-order valence-corrected chi connectivity index (χ3v) is 10.0. The minimum absolute atomic E-state index is 0. The summed E-state index contributed by atoms with van der Waals surface area (Å²) in [4.78, 5) is 10.1. The monoisotopic (exact) mass is 892 g/mol. The van der Waals surface area contributed by atoms with E-state index in [1.165, 1.54) is 0 Å². The topological polar surface area (TPSA) is 64.1 Å². The molecule has 3 heterocycles. The zero-order chi connectivity index (χ0) is 38.7. The van der Waals surface area contributed by atoms with Crippen LogP contribution in [0.15, 0.2) is 174 Å². The fourth-order valence-corrected chi connectivity index (χ4v) is 7.54.